The van der Waals surface area contributed by atoms with E-state index in [0.29, 0.717) is 11.6 Å². The van der Waals surface area contributed by atoms with E-state index in [1.807, 2.05) is 17.2 Å². The lowest BCUT2D eigenvalue weighted by atomic mass is 9.92. The van der Waals surface area contributed by atoms with E-state index in [-0.39, 0.29) is 5.91 Å². The number of benzene rings is 1. The van der Waals surface area contributed by atoms with Crippen molar-refractivity contribution in [3.63, 3.8) is 0 Å². The van der Waals surface area contributed by atoms with Gasteiger partial charge in [0.05, 0.1) is 5.52 Å². The lowest BCUT2D eigenvalue weighted by Crippen LogP contribution is -2.32. The fourth-order valence-electron chi connectivity index (χ4n) is 3.74. The highest BCUT2D eigenvalue weighted by Gasteiger charge is 2.22. The number of pyridine rings is 1. The summed E-state index contributed by atoms with van der Waals surface area (Å²) in [4.78, 5) is 18.9. The summed E-state index contributed by atoms with van der Waals surface area (Å²) in [5.74, 6) is 0.597. The Morgan fingerprint density at radius 2 is 2.00 bits per heavy atom. The number of hydrogen-bond donors (Lipinski definition) is 0. The van der Waals surface area contributed by atoms with E-state index in [2.05, 4.69) is 39.4 Å². The Hall–Kier alpha value is -2.82. The maximum atomic E-state index is 12.6. The van der Waals surface area contributed by atoms with Gasteiger partial charge in [0.15, 0.2) is 5.69 Å². The van der Waals surface area contributed by atoms with Crippen molar-refractivity contribution in [1.82, 2.24) is 20.1 Å². The first-order valence-corrected chi connectivity index (χ1v) is 9.20. The second-order valence-corrected chi connectivity index (χ2v) is 6.93. The molecule has 1 aromatic carbocycles. The lowest BCUT2D eigenvalue weighted by molar-refractivity contribution is 0.0753. The Morgan fingerprint density at radius 1 is 1.08 bits per heavy atom. The largest absolute Gasteiger partial charge is 0.337 e. The van der Waals surface area contributed by atoms with Crippen LogP contribution >= 0.6 is 0 Å². The number of rotatable bonds is 3. The highest BCUT2D eigenvalue weighted by atomic mass is 16.2. The zero-order chi connectivity index (χ0) is 17.8. The molecule has 0 radical (unpaired) electrons. The monoisotopic (exact) mass is 346 g/mol. The molecule has 0 bridgehead atoms. The van der Waals surface area contributed by atoms with Crippen molar-refractivity contribution in [2.24, 2.45) is 5.92 Å². The molecule has 1 fully saturated rings. The van der Waals surface area contributed by atoms with E-state index in [1.54, 1.807) is 18.3 Å². The van der Waals surface area contributed by atoms with Gasteiger partial charge in [0.25, 0.3) is 5.91 Å². The molecule has 5 nitrogen and oxygen atoms in total. The molecule has 1 amide bonds. The van der Waals surface area contributed by atoms with E-state index >= 15 is 0 Å². The predicted octanol–water partition coefficient (Wildman–Crippen LogP) is 3.51. The van der Waals surface area contributed by atoms with Crippen LogP contribution in [0.1, 0.15) is 35.3 Å². The van der Waals surface area contributed by atoms with Gasteiger partial charge in [0.1, 0.15) is 0 Å². The fourth-order valence-corrected chi connectivity index (χ4v) is 3.74. The molecule has 26 heavy (non-hydrogen) atoms. The molecule has 1 atom stereocenters. The Morgan fingerprint density at radius 3 is 2.88 bits per heavy atom. The third-order valence-electron chi connectivity index (χ3n) is 5.12. The number of likely N-dealkylation sites (tertiary alicyclic amines) is 1. The molecule has 4 rings (SSSR count). The summed E-state index contributed by atoms with van der Waals surface area (Å²) in [5.41, 5.74) is 2.83. The smallest absolute Gasteiger partial charge is 0.274 e. The summed E-state index contributed by atoms with van der Waals surface area (Å²) in [6.07, 6.45) is 7.68. The molecule has 5 heteroatoms. The second kappa shape index (κ2) is 7.60. The van der Waals surface area contributed by atoms with Crippen molar-refractivity contribution < 1.29 is 4.79 Å². The van der Waals surface area contributed by atoms with Gasteiger partial charge in [0, 0.05) is 30.9 Å². The molecule has 0 aliphatic carbocycles. The maximum absolute atomic E-state index is 12.6. The molecule has 1 unspecified atom stereocenters. The van der Waals surface area contributed by atoms with Crippen molar-refractivity contribution in [2.75, 3.05) is 13.1 Å². The van der Waals surface area contributed by atoms with Gasteiger partial charge in [-0.15, -0.1) is 5.10 Å². The van der Waals surface area contributed by atoms with Crippen molar-refractivity contribution >= 4 is 16.8 Å². The third kappa shape index (κ3) is 3.72. The van der Waals surface area contributed by atoms with Gasteiger partial charge >= 0.3 is 0 Å². The second-order valence-electron chi connectivity index (χ2n) is 6.93. The molecule has 2 aromatic heterocycles. The van der Waals surface area contributed by atoms with E-state index in [9.17, 15) is 4.79 Å². The molecular formula is C21H22N4O. The number of carbonyl (C=O) groups excluding carboxylic acids is 1. The zero-order valence-electron chi connectivity index (χ0n) is 14.7. The van der Waals surface area contributed by atoms with Crippen LogP contribution in [0.2, 0.25) is 0 Å². The molecular weight excluding hydrogens is 324 g/mol. The minimum atomic E-state index is -0.00414. The van der Waals surface area contributed by atoms with Crippen LogP contribution in [0.15, 0.2) is 54.9 Å². The van der Waals surface area contributed by atoms with Crippen LogP contribution < -0.4 is 0 Å². The average Bonchev–Trinajstić information content (AvgIpc) is 2.93. The Balaban J connectivity index is 1.41. The number of carbonyl (C=O) groups is 1. The molecule has 0 saturated carbocycles. The maximum Gasteiger partial charge on any atom is 0.274 e. The Kier molecular flexibility index (Phi) is 4.86. The van der Waals surface area contributed by atoms with Crippen LogP contribution in [0.3, 0.4) is 0 Å². The van der Waals surface area contributed by atoms with Gasteiger partial charge in [0.2, 0.25) is 0 Å². The van der Waals surface area contributed by atoms with Crippen molar-refractivity contribution in [1.29, 1.82) is 0 Å². The number of nitrogens with zero attached hydrogens (tertiary/aromatic N) is 4. The van der Waals surface area contributed by atoms with E-state index in [0.717, 1.165) is 44.3 Å². The lowest BCUT2D eigenvalue weighted by Gasteiger charge is -2.20. The van der Waals surface area contributed by atoms with Gasteiger partial charge in [-0.05, 0) is 67.5 Å². The van der Waals surface area contributed by atoms with Crippen molar-refractivity contribution in [3.8, 4) is 0 Å². The molecule has 1 aliphatic rings. The van der Waals surface area contributed by atoms with Crippen LogP contribution in [0, 0.1) is 5.92 Å². The average molecular weight is 346 g/mol. The predicted molar refractivity (Wildman–Crippen MR) is 101 cm³/mol. The molecule has 1 aliphatic heterocycles. The highest BCUT2D eigenvalue weighted by Crippen LogP contribution is 2.24. The molecule has 0 spiro atoms. The number of hydrogen-bond acceptors (Lipinski definition) is 4. The van der Waals surface area contributed by atoms with E-state index in [1.165, 1.54) is 10.9 Å². The standard InChI is InChI=1S/C21H22N4O/c26-21(20-6-2-11-23-24-20)25-12-3-4-16(9-13-25)14-17-7-8-19-18(15-17)5-1-10-22-19/h1-2,5-8,10-11,15-16H,3-4,9,12-14H2. The summed E-state index contributed by atoms with van der Waals surface area (Å²) >= 11 is 0. The first-order valence-electron chi connectivity index (χ1n) is 9.20. The number of amides is 1. The quantitative estimate of drug-likeness (QED) is 0.728. The molecule has 1 saturated heterocycles. The first-order chi connectivity index (χ1) is 12.8. The van der Waals surface area contributed by atoms with Crippen molar-refractivity contribution in [3.05, 3.63) is 66.1 Å². The van der Waals surface area contributed by atoms with Crippen LogP contribution in [0.4, 0.5) is 0 Å². The van der Waals surface area contributed by atoms with Crippen LogP contribution in [0.5, 0.6) is 0 Å². The van der Waals surface area contributed by atoms with Crippen molar-refractivity contribution in [2.45, 2.75) is 25.7 Å². The highest BCUT2D eigenvalue weighted by molar-refractivity contribution is 5.92. The van der Waals surface area contributed by atoms with Gasteiger partial charge in [-0.1, -0.05) is 12.1 Å². The minimum Gasteiger partial charge on any atom is -0.337 e. The Bertz CT molecular complexity index is 897. The van der Waals surface area contributed by atoms with Crippen LogP contribution in [-0.4, -0.2) is 39.1 Å². The van der Waals surface area contributed by atoms with Gasteiger partial charge in [-0.25, -0.2) is 0 Å². The van der Waals surface area contributed by atoms with Gasteiger partial charge < -0.3 is 4.90 Å². The summed E-state index contributed by atoms with van der Waals surface area (Å²) in [6, 6.07) is 14.1. The van der Waals surface area contributed by atoms with Crippen LogP contribution in [-0.2, 0) is 6.42 Å². The number of aromatic nitrogens is 3. The zero-order valence-corrected chi connectivity index (χ0v) is 14.7. The summed E-state index contributed by atoms with van der Waals surface area (Å²) in [6.45, 7) is 1.59. The summed E-state index contributed by atoms with van der Waals surface area (Å²) in [7, 11) is 0. The third-order valence-corrected chi connectivity index (χ3v) is 5.12. The molecule has 3 heterocycles. The summed E-state index contributed by atoms with van der Waals surface area (Å²) < 4.78 is 0. The Labute approximate surface area is 153 Å². The minimum absolute atomic E-state index is 0.00414. The SMILES string of the molecule is O=C(c1cccnn1)N1CCCC(Cc2ccc3ncccc3c2)CC1. The number of fused-ring (bicyclic) bond motifs is 1. The van der Waals surface area contributed by atoms with E-state index < -0.39 is 0 Å². The van der Waals surface area contributed by atoms with Gasteiger partial charge in [-0.2, -0.15) is 5.10 Å². The molecule has 0 N–H and O–H groups in total. The summed E-state index contributed by atoms with van der Waals surface area (Å²) in [5, 5.41) is 8.96. The molecule has 3 aromatic rings. The topological polar surface area (TPSA) is 59.0 Å². The fraction of sp³-hybridized carbons (Fsp3) is 0.333. The van der Waals surface area contributed by atoms with Gasteiger partial charge in [-0.3, -0.25) is 9.78 Å². The van der Waals surface area contributed by atoms with E-state index in [4.69, 9.17) is 0 Å². The first kappa shape index (κ1) is 16.6. The molecule has 132 valence electrons. The normalized spacial score (nSPS) is 17.8. The van der Waals surface area contributed by atoms with Crippen LogP contribution in [0.25, 0.3) is 10.9 Å².